The second-order valence-electron chi connectivity index (χ2n) is 3.56. The van der Waals surface area contributed by atoms with Crippen LogP contribution in [0.1, 0.15) is 0 Å². The second-order valence-corrected chi connectivity index (χ2v) is 7.51. The lowest BCUT2D eigenvalue weighted by molar-refractivity contribution is 0.303. The van der Waals surface area contributed by atoms with Gasteiger partial charge in [-0.3, -0.25) is 0 Å². The molecule has 12 nitrogen and oxygen atoms in total. The predicted octanol–water partition coefficient (Wildman–Crippen LogP) is -0.503. The minimum Gasteiger partial charge on any atom is -0.357 e. The third-order valence-electron chi connectivity index (χ3n) is 2.12. The third kappa shape index (κ3) is 5.77. The minimum absolute atomic E-state index is 0.747. The Hall–Kier alpha value is -1.65. The van der Waals surface area contributed by atoms with Crippen LogP contribution in [0.5, 0.6) is 17.2 Å². The van der Waals surface area contributed by atoms with Gasteiger partial charge in [-0.25, -0.2) is 12.5 Å². The van der Waals surface area contributed by atoms with E-state index in [-0.39, 0.29) is 0 Å². The summed E-state index contributed by atoms with van der Waals surface area (Å²) in [6.45, 7) is 0. The molecule has 0 N–H and O–H groups in total. The van der Waals surface area contributed by atoms with E-state index in [4.69, 9.17) is 0 Å². The van der Waals surface area contributed by atoms with E-state index in [1.165, 1.54) is 0 Å². The van der Waals surface area contributed by atoms with Crippen molar-refractivity contribution in [1.82, 2.24) is 0 Å². The summed E-state index contributed by atoms with van der Waals surface area (Å²) < 4.78 is 93.7. The van der Waals surface area contributed by atoms with E-state index >= 15 is 0 Å². The number of benzene rings is 1. The molecule has 0 spiro atoms. The standard InChI is InChI=1S/C9H12O12S3/c1-16-22(10,11)19-7-5-4-6-8(20-23(12,13)17-2)9(7)21-24(14,15)18-3/h4-6H,1-3H3. The zero-order chi connectivity index (χ0) is 18.6. The summed E-state index contributed by atoms with van der Waals surface area (Å²) in [5.41, 5.74) is 0. The van der Waals surface area contributed by atoms with Gasteiger partial charge < -0.3 is 12.5 Å². The maximum Gasteiger partial charge on any atom is 0.449 e. The fourth-order valence-electron chi connectivity index (χ4n) is 1.13. The molecule has 0 fully saturated rings. The second kappa shape index (κ2) is 7.49. The molecule has 0 radical (unpaired) electrons. The van der Waals surface area contributed by atoms with Crippen molar-refractivity contribution >= 4 is 31.2 Å². The lowest BCUT2D eigenvalue weighted by Crippen LogP contribution is -2.17. The lowest BCUT2D eigenvalue weighted by Gasteiger charge is -2.14. The Balaban J connectivity index is 3.49. The van der Waals surface area contributed by atoms with Crippen LogP contribution in [0.25, 0.3) is 0 Å². The van der Waals surface area contributed by atoms with Gasteiger partial charge in [0, 0.05) is 0 Å². The van der Waals surface area contributed by atoms with Gasteiger partial charge in [-0.15, -0.1) is 0 Å². The third-order valence-corrected chi connectivity index (χ3v) is 4.49. The van der Waals surface area contributed by atoms with Crippen molar-refractivity contribution in [3.8, 4) is 17.2 Å². The number of rotatable bonds is 9. The number of hydrogen-bond acceptors (Lipinski definition) is 12. The molecule has 0 unspecified atom stereocenters. The van der Waals surface area contributed by atoms with Crippen molar-refractivity contribution in [3.05, 3.63) is 18.2 Å². The van der Waals surface area contributed by atoms with Crippen LogP contribution in [-0.2, 0) is 43.7 Å². The van der Waals surface area contributed by atoms with Gasteiger partial charge in [0.1, 0.15) is 0 Å². The van der Waals surface area contributed by atoms with Crippen LogP contribution in [0.3, 0.4) is 0 Å². The first-order valence-electron chi connectivity index (χ1n) is 5.58. The maximum atomic E-state index is 11.4. The molecule has 0 aliphatic rings. The van der Waals surface area contributed by atoms with E-state index in [1.807, 2.05) is 0 Å². The van der Waals surface area contributed by atoms with Gasteiger partial charge >= 0.3 is 31.2 Å². The van der Waals surface area contributed by atoms with Crippen LogP contribution in [-0.4, -0.2) is 46.6 Å². The largest absolute Gasteiger partial charge is 0.449 e. The van der Waals surface area contributed by atoms with E-state index < -0.39 is 48.4 Å². The molecule has 138 valence electrons. The first-order chi connectivity index (χ1) is 11.0. The molecule has 0 aromatic heterocycles. The molecule has 0 aliphatic carbocycles. The molecule has 0 bridgehead atoms. The molecule has 1 rings (SSSR count). The average Bonchev–Trinajstić information content (AvgIpc) is 2.50. The molecule has 0 aliphatic heterocycles. The highest BCUT2D eigenvalue weighted by Gasteiger charge is 2.26. The summed E-state index contributed by atoms with van der Waals surface area (Å²) in [6.07, 6.45) is 0. The van der Waals surface area contributed by atoms with Gasteiger partial charge in [-0.1, -0.05) is 6.07 Å². The highest BCUT2D eigenvalue weighted by atomic mass is 32.3. The van der Waals surface area contributed by atoms with Gasteiger partial charge in [0.2, 0.25) is 5.75 Å². The predicted molar refractivity (Wildman–Crippen MR) is 76.1 cm³/mol. The molecular formula is C9H12O12S3. The monoisotopic (exact) mass is 408 g/mol. The van der Waals surface area contributed by atoms with Crippen LogP contribution < -0.4 is 12.5 Å². The summed E-state index contributed by atoms with van der Waals surface area (Å²) in [6, 6.07) is 2.99. The smallest absolute Gasteiger partial charge is 0.357 e. The molecule has 0 amide bonds. The van der Waals surface area contributed by atoms with Gasteiger partial charge in [0.25, 0.3) is 0 Å². The number of hydrogen-bond donors (Lipinski definition) is 0. The molecule has 24 heavy (non-hydrogen) atoms. The van der Waals surface area contributed by atoms with Gasteiger partial charge in [-0.2, -0.15) is 25.3 Å². The van der Waals surface area contributed by atoms with E-state index in [2.05, 4.69) is 25.1 Å². The van der Waals surface area contributed by atoms with Gasteiger partial charge in [0.15, 0.2) is 11.5 Å². The Morgan fingerprint density at radius 1 is 0.625 bits per heavy atom. The van der Waals surface area contributed by atoms with Crippen LogP contribution in [0.4, 0.5) is 0 Å². The molecule has 1 aromatic rings. The van der Waals surface area contributed by atoms with Crippen molar-refractivity contribution in [3.63, 3.8) is 0 Å². The van der Waals surface area contributed by atoms with Crippen LogP contribution >= 0.6 is 0 Å². The Bertz CT molecular complexity index is 829. The number of para-hydroxylation sites is 1. The van der Waals surface area contributed by atoms with E-state index in [0.717, 1.165) is 39.5 Å². The highest BCUT2D eigenvalue weighted by molar-refractivity contribution is 7.82. The molecule has 0 saturated heterocycles. The fraction of sp³-hybridized carbons (Fsp3) is 0.333. The summed E-state index contributed by atoms with van der Waals surface area (Å²) in [4.78, 5) is 0. The summed E-state index contributed by atoms with van der Waals surface area (Å²) in [5, 5.41) is 0. The van der Waals surface area contributed by atoms with Crippen LogP contribution in [0.2, 0.25) is 0 Å². The van der Waals surface area contributed by atoms with Crippen molar-refractivity contribution in [2.75, 3.05) is 21.3 Å². The van der Waals surface area contributed by atoms with E-state index in [0.29, 0.717) is 0 Å². The molecule has 1 aromatic carbocycles. The zero-order valence-corrected chi connectivity index (χ0v) is 14.8. The Morgan fingerprint density at radius 2 is 0.958 bits per heavy atom. The van der Waals surface area contributed by atoms with Crippen LogP contribution in [0.15, 0.2) is 18.2 Å². The minimum atomic E-state index is -4.67. The summed E-state index contributed by atoms with van der Waals surface area (Å²) in [7, 11) is -11.5. The van der Waals surface area contributed by atoms with Gasteiger partial charge in [0.05, 0.1) is 21.3 Å². The molecule has 0 atom stereocenters. The summed E-state index contributed by atoms with van der Waals surface area (Å²) in [5.74, 6) is -2.43. The molecule has 0 heterocycles. The Kier molecular flexibility index (Phi) is 6.37. The highest BCUT2D eigenvalue weighted by Crippen LogP contribution is 2.39. The zero-order valence-electron chi connectivity index (χ0n) is 12.4. The van der Waals surface area contributed by atoms with E-state index in [9.17, 15) is 25.3 Å². The Morgan fingerprint density at radius 3 is 1.29 bits per heavy atom. The summed E-state index contributed by atoms with van der Waals surface area (Å²) >= 11 is 0. The first kappa shape index (κ1) is 20.4. The Labute approximate surface area is 138 Å². The SMILES string of the molecule is COS(=O)(=O)Oc1cccc(OS(=O)(=O)OC)c1OS(=O)(=O)OC. The maximum absolute atomic E-state index is 11.4. The first-order valence-corrected chi connectivity index (χ1v) is 9.58. The van der Waals surface area contributed by atoms with Gasteiger partial charge in [-0.05, 0) is 12.1 Å². The van der Waals surface area contributed by atoms with Crippen molar-refractivity contribution in [2.45, 2.75) is 0 Å². The van der Waals surface area contributed by atoms with Crippen LogP contribution in [0, 0.1) is 0 Å². The average molecular weight is 408 g/mol. The molecule has 0 saturated carbocycles. The normalized spacial score (nSPS) is 12.6. The van der Waals surface area contributed by atoms with Crippen molar-refractivity contribution in [1.29, 1.82) is 0 Å². The van der Waals surface area contributed by atoms with Crippen molar-refractivity contribution < 1.29 is 50.4 Å². The molecule has 15 heteroatoms. The van der Waals surface area contributed by atoms with Crippen molar-refractivity contribution in [2.24, 2.45) is 0 Å². The topological polar surface area (TPSA) is 158 Å². The quantitative estimate of drug-likeness (QED) is 0.516. The molecular weight excluding hydrogens is 396 g/mol. The lowest BCUT2D eigenvalue weighted by atomic mass is 10.3. The van der Waals surface area contributed by atoms with E-state index in [1.54, 1.807) is 0 Å². The fourth-order valence-corrected chi connectivity index (χ4v) is 2.41.